The Morgan fingerprint density at radius 3 is 2.53 bits per heavy atom. The molecule has 90 valence electrons. The van der Waals surface area contributed by atoms with Gasteiger partial charge in [0.15, 0.2) is 17.5 Å². The Bertz CT molecular complexity index is 527. The predicted octanol–water partition coefficient (Wildman–Crippen LogP) is 0.647. The first kappa shape index (κ1) is 11.5. The molecule has 1 heterocycles. The quantitative estimate of drug-likeness (QED) is 0.633. The lowest BCUT2D eigenvalue weighted by molar-refractivity contribution is 0.366. The second-order valence-electron chi connectivity index (χ2n) is 3.50. The van der Waals surface area contributed by atoms with Gasteiger partial charge in [0, 0.05) is 6.20 Å². The highest BCUT2D eigenvalue weighted by molar-refractivity contribution is 5.92. The molecule has 1 atom stereocenters. The summed E-state index contributed by atoms with van der Waals surface area (Å²) in [4.78, 5) is 3.76. The molecule has 1 unspecified atom stereocenters. The summed E-state index contributed by atoms with van der Waals surface area (Å²) < 4.78 is 39.4. The molecule has 0 amide bonds. The van der Waals surface area contributed by atoms with Crippen LogP contribution in [0.15, 0.2) is 29.4 Å². The summed E-state index contributed by atoms with van der Waals surface area (Å²) in [6, 6.07) is 1.78. The zero-order valence-electron chi connectivity index (χ0n) is 8.55. The van der Waals surface area contributed by atoms with Crippen LogP contribution >= 0.6 is 0 Å². The molecule has 0 bridgehead atoms. The molecule has 7 heteroatoms. The van der Waals surface area contributed by atoms with Crippen LogP contribution in [0.2, 0.25) is 0 Å². The first-order chi connectivity index (χ1) is 7.94. The van der Waals surface area contributed by atoms with Crippen molar-refractivity contribution in [2.75, 3.05) is 0 Å². The van der Waals surface area contributed by atoms with E-state index in [1.807, 2.05) is 0 Å². The van der Waals surface area contributed by atoms with Gasteiger partial charge in [-0.3, -0.25) is 5.73 Å². The van der Waals surface area contributed by atoms with Gasteiger partial charge in [0.1, 0.15) is 5.84 Å². The smallest absolute Gasteiger partial charge is 0.213 e. The van der Waals surface area contributed by atoms with Gasteiger partial charge in [-0.05, 0) is 18.2 Å². The Kier molecular flexibility index (Phi) is 2.55. The molecule has 2 rings (SSSR count). The molecule has 4 nitrogen and oxygen atoms in total. The highest BCUT2D eigenvalue weighted by Gasteiger charge is 2.32. The second kappa shape index (κ2) is 3.77. The van der Waals surface area contributed by atoms with Crippen molar-refractivity contribution in [1.82, 2.24) is 5.32 Å². The number of hydrogen-bond acceptors (Lipinski definition) is 4. The van der Waals surface area contributed by atoms with E-state index in [2.05, 4.69) is 10.3 Å². The van der Waals surface area contributed by atoms with Crippen molar-refractivity contribution in [1.29, 1.82) is 0 Å². The minimum Gasteiger partial charge on any atom is -0.384 e. The molecular formula is C10H9F3N4. The van der Waals surface area contributed by atoms with Crippen molar-refractivity contribution in [3.05, 3.63) is 47.4 Å². The minimum absolute atomic E-state index is 0.0513. The van der Waals surface area contributed by atoms with Crippen LogP contribution in [0.4, 0.5) is 13.2 Å². The van der Waals surface area contributed by atoms with Crippen molar-refractivity contribution < 1.29 is 13.2 Å². The number of benzene rings is 1. The van der Waals surface area contributed by atoms with Crippen LogP contribution in [0.5, 0.6) is 0 Å². The lowest BCUT2D eigenvalue weighted by Crippen LogP contribution is -2.50. The van der Waals surface area contributed by atoms with Crippen LogP contribution in [-0.2, 0) is 5.79 Å². The molecule has 0 fully saturated rings. The summed E-state index contributed by atoms with van der Waals surface area (Å²) in [6.45, 7) is 0. The average Bonchev–Trinajstić information content (AvgIpc) is 2.25. The number of aliphatic imine (C=N–C) groups is 1. The average molecular weight is 242 g/mol. The van der Waals surface area contributed by atoms with Gasteiger partial charge < -0.3 is 11.1 Å². The van der Waals surface area contributed by atoms with E-state index < -0.39 is 23.2 Å². The highest BCUT2D eigenvalue weighted by Crippen LogP contribution is 2.25. The van der Waals surface area contributed by atoms with Crippen LogP contribution in [0.1, 0.15) is 5.56 Å². The summed E-state index contributed by atoms with van der Waals surface area (Å²) in [5.74, 6) is -5.98. The van der Waals surface area contributed by atoms with Crippen LogP contribution in [0, 0.1) is 17.5 Å². The van der Waals surface area contributed by atoms with Gasteiger partial charge >= 0.3 is 0 Å². The third kappa shape index (κ3) is 1.84. The molecule has 17 heavy (non-hydrogen) atoms. The Labute approximate surface area is 94.8 Å². The fraction of sp³-hybridized carbons (Fsp3) is 0.100. The fourth-order valence-corrected chi connectivity index (χ4v) is 1.49. The Balaban J connectivity index is 2.55. The molecule has 5 N–H and O–H groups in total. The van der Waals surface area contributed by atoms with E-state index in [4.69, 9.17) is 11.5 Å². The van der Waals surface area contributed by atoms with Crippen molar-refractivity contribution in [3.63, 3.8) is 0 Å². The van der Waals surface area contributed by atoms with E-state index in [0.717, 1.165) is 12.1 Å². The third-order valence-corrected chi connectivity index (χ3v) is 2.31. The predicted molar refractivity (Wildman–Crippen MR) is 56.1 cm³/mol. The summed E-state index contributed by atoms with van der Waals surface area (Å²) in [6.07, 6.45) is 2.76. The molecule has 1 aliphatic heterocycles. The molecule has 1 aromatic rings. The number of nitrogens with two attached hydrogens (primary N) is 2. The standard InChI is InChI=1S/C10H9F3N4/c11-6-2-1-5(8(12)9(6)13)10(15)16-4-3-7(14)17-10/h1-4,16H,15H2,(H2,14,17). The summed E-state index contributed by atoms with van der Waals surface area (Å²) in [5, 5.41) is 2.53. The Morgan fingerprint density at radius 1 is 1.18 bits per heavy atom. The molecule has 0 radical (unpaired) electrons. The van der Waals surface area contributed by atoms with Crippen molar-refractivity contribution in [2.45, 2.75) is 5.79 Å². The van der Waals surface area contributed by atoms with Crippen LogP contribution < -0.4 is 16.8 Å². The molecule has 0 saturated heterocycles. The number of rotatable bonds is 1. The van der Waals surface area contributed by atoms with E-state index >= 15 is 0 Å². The van der Waals surface area contributed by atoms with Gasteiger partial charge in [-0.25, -0.2) is 18.2 Å². The zero-order valence-corrected chi connectivity index (χ0v) is 8.55. The van der Waals surface area contributed by atoms with Gasteiger partial charge in [0.25, 0.3) is 0 Å². The monoisotopic (exact) mass is 242 g/mol. The Hall–Kier alpha value is -2.02. The normalized spacial score (nSPS) is 23.2. The van der Waals surface area contributed by atoms with Gasteiger partial charge in [-0.15, -0.1) is 0 Å². The number of nitrogens with zero attached hydrogens (tertiary/aromatic N) is 1. The third-order valence-electron chi connectivity index (χ3n) is 2.31. The van der Waals surface area contributed by atoms with Crippen molar-refractivity contribution >= 4 is 5.84 Å². The SMILES string of the molecule is NC1=NC(N)(c2ccc(F)c(F)c2F)NC=C1. The summed E-state index contributed by atoms with van der Waals surface area (Å²) in [5.41, 5.74) is 10.8. The number of halogens is 3. The minimum atomic E-state index is -1.74. The van der Waals surface area contributed by atoms with E-state index in [-0.39, 0.29) is 11.4 Å². The number of hydrogen-bond donors (Lipinski definition) is 3. The number of nitrogens with one attached hydrogen (secondary N) is 1. The lowest BCUT2D eigenvalue weighted by Gasteiger charge is -2.29. The molecule has 0 aromatic heterocycles. The van der Waals surface area contributed by atoms with Crippen molar-refractivity contribution in [2.24, 2.45) is 16.5 Å². The fourth-order valence-electron chi connectivity index (χ4n) is 1.49. The maximum absolute atomic E-state index is 13.6. The molecule has 1 aliphatic rings. The van der Waals surface area contributed by atoms with E-state index in [1.165, 1.54) is 12.3 Å². The maximum Gasteiger partial charge on any atom is 0.213 e. The van der Waals surface area contributed by atoms with Gasteiger partial charge in [0.05, 0.1) is 5.56 Å². The lowest BCUT2D eigenvalue weighted by atomic mass is 10.1. The van der Waals surface area contributed by atoms with Crippen LogP contribution in [0.25, 0.3) is 0 Å². The van der Waals surface area contributed by atoms with Gasteiger partial charge in [-0.2, -0.15) is 0 Å². The molecule has 1 aromatic carbocycles. The van der Waals surface area contributed by atoms with Crippen LogP contribution in [-0.4, -0.2) is 5.84 Å². The molecule has 0 spiro atoms. The maximum atomic E-state index is 13.6. The van der Waals surface area contributed by atoms with E-state index in [9.17, 15) is 13.2 Å². The second-order valence-corrected chi connectivity index (χ2v) is 3.50. The van der Waals surface area contributed by atoms with Gasteiger partial charge in [-0.1, -0.05) is 0 Å². The highest BCUT2D eigenvalue weighted by atomic mass is 19.2. The first-order valence-electron chi connectivity index (χ1n) is 4.66. The summed E-state index contributed by atoms with van der Waals surface area (Å²) >= 11 is 0. The van der Waals surface area contributed by atoms with E-state index in [1.54, 1.807) is 0 Å². The number of amidine groups is 1. The largest absolute Gasteiger partial charge is 0.384 e. The van der Waals surface area contributed by atoms with Crippen LogP contribution in [0.3, 0.4) is 0 Å². The Morgan fingerprint density at radius 2 is 1.88 bits per heavy atom. The van der Waals surface area contributed by atoms with Gasteiger partial charge in [0.2, 0.25) is 5.79 Å². The molecule has 0 saturated carbocycles. The van der Waals surface area contributed by atoms with Crippen molar-refractivity contribution in [3.8, 4) is 0 Å². The zero-order chi connectivity index (χ0) is 12.6. The first-order valence-corrected chi connectivity index (χ1v) is 4.66. The topological polar surface area (TPSA) is 76.4 Å². The summed E-state index contributed by atoms with van der Waals surface area (Å²) in [7, 11) is 0. The van der Waals surface area contributed by atoms with E-state index in [0.29, 0.717) is 0 Å². The molecular weight excluding hydrogens is 233 g/mol. The molecule has 0 aliphatic carbocycles.